The smallest absolute Gasteiger partial charge is 0.303 e. The number of β-lactam (4-membered cyclic amide) rings is 1. The molecule has 2 saturated heterocycles. The number of nitrogens with one attached hydrogen (secondary N) is 1. The van der Waals surface area contributed by atoms with Gasteiger partial charge in [0.05, 0.1) is 43.1 Å². The highest BCUT2D eigenvalue weighted by Crippen LogP contribution is 2.46. The van der Waals surface area contributed by atoms with Crippen LogP contribution >= 0.6 is 0 Å². The standard InChI is InChI=1S/C40H51FN2O9S/c1-26(45)51-36(29-15-17-31(41)18-16-29)23-21-33-39(43(40(33)48)32-19-10-27(11-20-32)5-4-24-42-53(2,49)50)30-13-8-28(9-14-30)12-22-37-34(46)6-3-7-35(47)38(25-44)52-37/h8-11,13-20,33-39,42,44,46-47H,3-7,12,21-25H2,1-2H3/t33?,34-,35+,36+,37?,38-,39-/m1/s1. The molecule has 4 N–H and O–H groups in total. The Morgan fingerprint density at radius 3 is 2.19 bits per heavy atom. The first kappa shape index (κ1) is 40.5. The van der Waals surface area contributed by atoms with Crippen LogP contribution < -0.4 is 9.62 Å². The van der Waals surface area contributed by atoms with Crippen molar-refractivity contribution in [2.45, 2.75) is 101 Å². The van der Waals surface area contributed by atoms with Crippen LogP contribution in [0.5, 0.6) is 0 Å². The fraction of sp³-hybridized carbons (Fsp3) is 0.500. The van der Waals surface area contributed by atoms with Crippen molar-refractivity contribution in [1.29, 1.82) is 0 Å². The number of benzene rings is 3. The van der Waals surface area contributed by atoms with Crippen molar-refractivity contribution in [3.05, 3.63) is 101 Å². The van der Waals surface area contributed by atoms with Gasteiger partial charge in [-0.3, -0.25) is 9.59 Å². The van der Waals surface area contributed by atoms with Crippen LogP contribution in [0.1, 0.15) is 86.3 Å². The highest BCUT2D eigenvalue weighted by Gasteiger charge is 2.48. The molecule has 53 heavy (non-hydrogen) atoms. The van der Waals surface area contributed by atoms with Gasteiger partial charge in [-0.2, -0.15) is 0 Å². The van der Waals surface area contributed by atoms with Crippen molar-refractivity contribution >= 4 is 27.6 Å². The molecular weight excluding hydrogens is 704 g/mol. The van der Waals surface area contributed by atoms with Crippen molar-refractivity contribution in [2.75, 3.05) is 24.3 Å². The fourth-order valence-electron chi connectivity index (χ4n) is 7.30. The Kier molecular flexibility index (Phi) is 14.2. The molecule has 3 aromatic rings. The van der Waals surface area contributed by atoms with E-state index in [-0.39, 0.29) is 18.6 Å². The zero-order valence-electron chi connectivity index (χ0n) is 30.3. The molecule has 0 saturated carbocycles. The number of esters is 1. The van der Waals surface area contributed by atoms with E-state index in [4.69, 9.17) is 9.47 Å². The Morgan fingerprint density at radius 2 is 1.57 bits per heavy atom. The summed E-state index contributed by atoms with van der Waals surface area (Å²) in [6.07, 6.45) is 2.48. The van der Waals surface area contributed by atoms with Crippen molar-refractivity contribution in [1.82, 2.24) is 4.72 Å². The number of carbonyl (C=O) groups is 2. The van der Waals surface area contributed by atoms with Crippen LogP contribution in [0.25, 0.3) is 0 Å². The van der Waals surface area contributed by atoms with Gasteiger partial charge in [-0.1, -0.05) is 48.5 Å². The molecule has 2 aliphatic heterocycles. The predicted octanol–water partition coefficient (Wildman–Crippen LogP) is 4.68. The molecule has 0 radical (unpaired) electrons. The average Bonchev–Trinajstić information content (AvgIpc) is 3.12. The third kappa shape index (κ3) is 11.2. The Morgan fingerprint density at radius 1 is 0.943 bits per heavy atom. The molecule has 0 bridgehead atoms. The highest BCUT2D eigenvalue weighted by atomic mass is 32.2. The number of aliphatic hydroxyl groups is 3. The molecule has 288 valence electrons. The second kappa shape index (κ2) is 18.5. The summed E-state index contributed by atoms with van der Waals surface area (Å²) in [6.45, 7) is 1.33. The molecular formula is C40H51FN2O9S. The molecule has 13 heteroatoms. The lowest BCUT2D eigenvalue weighted by atomic mass is 9.78. The Hall–Kier alpha value is -3.72. The topological polar surface area (TPSA) is 163 Å². The van der Waals surface area contributed by atoms with E-state index in [2.05, 4.69) is 4.72 Å². The van der Waals surface area contributed by atoms with Crippen LogP contribution in [0, 0.1) is 11.7 Å². The molecule has 1 amide bonds. The van der Waals surface area contributed by atoms with Crippen LogP contribution in [0.3, 0.4) is 0 Å². The number of sulfonamides is 1. The zero-order chi connectivity index (χ0) is 38.1. The van der Waals surface area contributed by atoms with Gasteiger partial charge >= 0.3 is 5.97 Å². The number of nitrogens with zero attached hydrogens (tertiary/aromatic N) is 1. The Labute approximate surface area is 311 Å². The maximum Gasteiger partial charge on any atom is 0.303 e. The third-order valence-electron chi connectivity index (χ3n) is 10.2. The quantitative estimate of drug-likeness (QED) is 0.0925. The molecule has 0 aromatic heterocycles. The maximum absolute atomic E-state index is 13.9. The van der Waals surface area contributed by atoms with Gasteiger partial charge in [0.25, 0.3) is 0 Å². The number of anilines is 1. The molecule has 0 aliphatic carbocycles. The van der Waals surface area contributed by atoms with Gasteiger partial charge in [0.2, 0.25) is 15.9 Å². The minimum atomic E-state index is -3.26. The van der Waals surface area contributed by atoms with Gasteiger partial charge < -0.3 is 29.7 Å². The van der Waals surface area contributed by atoms with E-state index in [0.29, 0.717) is 69.9 Å². The minimum absolute atomic E-state index is 0.0686. The first-order valence-corrected chi connectivity index (χ1v) is 20.2. The van der Waals surface area contributed by atoms with Crippen LogP contribution in [0.2, 0.25) is 0 Å². The number of aryl methyl sites for hydroxylation is 2. The first-order chi connectivity index (χ1) is 25.3. The van der Waals surface area contributed by atoms with Gasteiger partial charge in [0.1, 0.15) is 18.0 Å². The van der Waals surface area contributed by atoms with Crippen molar-refractivity contribution in [3.8, 4) is 0 Å². The Bertz CT molecular complexity index is 1760. The van der Waals surface area contributed by atoms with Crippen molar-refractivity contribution in [3.63, 3.8) is 0 Å². The van der Waals surface area contributed by atoms with E-state index in [0.717, 1.165) is 28.6 Å². The number of hydrogen-bond acceptors (Lipinski definition) is 9. The van der Waals surface area contributed by atoms with E-state index in [9.17, 15) is 37.7 Å². The fourth-order valence-corrected chi connectivity index (χ4v) is 7.82. The molecule has 5 rings (SSSR count). The monoisotopic (exact) mass is 754 g/mol. The van der Waals surface area contributed by atoms with Crippen LogP contribution in [0.15, 0.2) is 72.8 Å². The average molecular weight is 755 g/mol. The second-order valence-corrected chi connectivity index (χ2v) is 16.0. The van der Waals surface area contributed by atoms with Crippen LogP contribution in [-0.2, 0) is 41.9 Å². The number of ether oxygens (including phenoxy) is 2. The summed E-state index contributed by atoms with van der Waals surface area (Å²) in [5.74, 6) is -1.36. The lowest BCUT2D eigenvalue weighted by molar-refractivity contribution is -0.147. The minimum Gasteiger partial charge on any atom is -0.458 e. The van der Waals surface area contributed by atoms with Crippen LogP contribution in [-0.4, -0.2) is 79.4 Å². The predicted molar refractivity (Wildman–Crippen MR) is 198 cm³/mol. The van der Waals surface area contributed by atoms with E-state index < -0.39 is 58.2 Å². The number of amides is 1. The normalized spacial score (nSPS) is 24.2. The molecule has 0 spiro atoms. The highest BCUT2D eigenvalue weighted by molar-refractivity contribution is 7.88. The first-order valence-electron chi connectivity index (χ1n) is 18.3. The summed E-state index contributed by atoms with van der Waals surface area (Å²) >= 11 is 0. The number of rotatable bonds is 16. The van der Waals surface area contributed by atoms with Crippen molar-refractivity contribution < 1.29 is 47.2 Å². The number of halogens is 1. The summed E-state index contributed by atoms with van der Waals surface area (Å²) < 4.78 is 50.5. The number of carbonyl (C=O) groups excluding carboxylic acids is 2. The summed E-state index contributed by atoms with van der Waals surface area (Å²) in [7, 11) is -3.26. The summed E-state index contributed by atoms with van der Waals surface area (Å²) in [4.78, 5) is 27.7. The summed E-state index contributed by atoms with van der Waals surface area (Å²) in [5.41, 5.74) is 4.31. The zero-order valence-corrected chi connectivity index (χ0v) is 31.1. The van der Waals surface area contributed by atoms with Crippen molar-refractivity contribution in [2.24, 2.45) is 5.92 Å². The number of hydrogen-bond donors (Lipinski definition) is 4. The molecule has 2 unspecified atom stereocenters. The largest absolute Gasteiger partial charge is 0.458 e. The summed E-state index contributed by atoms with van der Waals surface area (Å²) in [6, 6.07) is 21.1. The maximum atomic E-state index is 13.9. The molecule has 3 aromatic carbocycles. The van der Waals surface area contributed by atoms with E-state index >= 15 is 0 Å². The van der Waals surface area contributed by atoms with E-state index in [1.54, 1.807) is 17.0 Å². The van der Waals surface area contributed by atoms with Gasteiger partial charge in [-0.05, 0) is 104 Å². The Balaban J connectivity index is 1.32. The van der Waals surface area contributed by atoms with Gasteiger partial charge in [0, 0.05) is 19.2 Å². The molecule has 11 nitrogen and oxygen atoms in total. The molecule has 2 heterocycles. The lowest BCUT2D eigenvalue weighted by Gasteiger charge is -2.48. The van der Waals surface area contributed by atoms with Gasteiger partial charge in [-0.15, -0.1) is 0 Å². The molecule has 2 fully saturated rings. The lowest BCUT2D eigenvalue weighted by Crippen LogP contribution is -2.55. The van der Waals surface area contributed by atoms with E-state index in [1.165, 1.54) is 19.1 Å². The molecule has 2 aliphatic rings. The molecule has 7 atom stereocenters. The van der Waals surface area contributed by atoms with Gasteiger partial charge in [0.15, 0.2) is 0 Å². The SMILES string of the molecule is CC(=O)O[C@@H](CCC1C(=O)N(c2ccc(CCCNS(C)(=O)=O)cc2)[C@@H]1c1ccc(CCC2O[C@H](CO)[C@@H](O)CCC[C@H]2O)cc1)c1ccc(F)cc1. The van der Waals surface area contributed by atoms with E-state index in [1.807, 2.05) is 48.5 Å². The second-order valence-electron chi connectivity index (χ2n) is 14.2. The summed E-state index contributed by atoms with van der Waals surface area (Å²) in [5, 5.41) is 30.8. The van der Waals surface area contributed by atoms with Crippen LogP contribution in [0.4, 0.5) is 10.1 Å². The number of aliphatic hydroxyl groups excluding tert-OH is 3. The third-order valence-corrected chi connectivity index (χ3v) is 10.9. The van der Waals surface area contributed by atoms with Gasteiger partial charge in [-0.25, -0.2) is 17.5 Å².